The van der Waals surface area contributed by atoms with E-state index in [0.29, 0.717) is 22.5 Å². The lowest BCUT2D eigenvalue weighted by Crippen LogP contribution is -2.37. The number of carbonyl (C=O) groups is 1. The Bertz CT molecular complexity index is 636. The van der Waals surface area contributed by atoms with Gasteiger partial charge in [-0.05, 0) is 38.5 Å². The molecule has 1 aromatic heterocycles. The van der Waals surface area contributed by atoms with Gasteiger partial charge in [0.1, 0.15) is 10.7 Å². The number of fused-ring (bicyclic) bond motifs is 1. The van der Waals surface area contributed by atoms with Crippen molar-refractivity contribution in [2.45, 2.75) is 33.2 Å². The predicted octanol–water partition coefficient (Wildman–Crippen LogP) is 3.88. The maximum absolute atomic E-state index is 13.3. The summed E-state index contributed by atoms with van der Waals surface area (Å²) in [6, 6.07) is 4.56. The third-order valence-electron chi connectivity index (χ3n) is 3.23. The summed E-state index contributed by atoms with van der Waals surface area (Å²) < 4.78 is 14.1. The number of hydrogen-bond acceptors (Lipinski definition) is 3. The number of rotatable bonds is 4. The first-order valence-electron chi connectivity index (χ1n) is 6.74. The third-order valence-corrected chi connectivity index (χ3v) is 4.41. The van der Waals surface area contributed by atoms with E-state index in [-0.39, 0.29) is 17.8 Å². The molecule has 0 unspecified atom stereocenters. The molecule has 5 heteroatoms. The molecule has 2 N–H and O–H groups in total. The number of halogens is 1. The lowest BCUT2D eigenvalue weighted by atomic mass is 10.2. The second-order valence-electron chi connectivity index (χ2n) is 5.08. The van der Waals surface area contributed by atoms with Crippen molar-refractivity contribution in [2.24, 2.45) is 0 Å². The predicted molar refractivity (Wildman–Crippen MR) is 82.7 cm³/mol. The number of carbonyl (C=O) groups excluding carboxylic acids is 1. The summed E-state index contributed by atoms with van der Waals surface area (Å²) in [5, 5.41) is 0.624. The molecule has 0 fully saturated rings. The molecule has 1 aromatic carbocycles. The number of nitrogens with two attached hydrogens (primary N) is 1. The Morgan fingerprint density at radius 1 is 1.45 bits per heavy atom. The molecule has 2 rings (SSSR count). The van der Waals surface area contributed by atoms with E-state index < -0.39 is 0 Å². The van der Waals surface area contributed by atoms with Crippen LogP contribution in [0.3, 0.4) is 0 Å². The molecule has 1 amide bonds. The summed E-state index contributed by atoms with van der Waals surface area (Å²) in [4.78, 5) is 14.9. The van der Waals surface area contributed by atoms with Gasteiger partial charge in [-0.25, -0.2) is 4.39 Å². The Morgan fingerprint density at radius 3 is 2.75 bits per heavy atom. The van der Waals surface area contributed by atoms with Crippen LogP contribution in [-0.4, -0.2) is 23.4 Å². The van der Waals surface area contributed by atoms with Crippen molar-refractivity contribution in [3.8, 4) is 0 Å². The maximum atomic E-state index is 13.3. The van der Waals surface area contributed by atoms with Crippen molar-refractivity contribution in [1.29, 1.82) is 0 Å². The van der Waals surface area contributed by atoms with Crippen LogP contribution in [0.15, 0.2) is 18.2 Å². The molecular formula is C15H19FN2OS. The monoisotopic (exact) mass is 294 g/mol. The fourth-order valence-electron chi connectivity index (χ4n) is 2.21. The van der Waals surface area contributed by atoms with E-state index >= 15 is 0 Å². The largest absolute Gasteiger partial charge is 0.397 e. The van der Waals surface area contributed by atoms with Crippen molar-refractivity contribution in [2.75, 3.05) is 12.3 Å². The molecule has 0 aliphatic carbocycles. The summed E-state index contributed by atoms with van der Waals surface area (Å²) in [5.41, 5.74) is 6.42. The Morgan fingerprint density at radius 2 is 2.15 bits per heavy atom. The number of anilines is 1. The fraction of sp³-hybridized carbons (Fsp3) is 0.400. The van der Waals surface area contributed by atoms with E-state index in [1.165, 1.54) is 23.5 Å². The van der Waals surface area contributed by atoms with Crippen LogP contribution < -0.4 is 5.73 Å². The van der Waals surface area contributed by atoms with Gasteiger partial charge in [0, 0.05) is 22.7 Å². The van der Waals surface area contributed by atoms with Gasteiger partial charge in [-0.2, -0.15) is 0 Å². The molecule has 108 valence electrons. The number of amides is 1. The van der Waals surface area contributed by atoms with E-state index in [4.69, 9.17) is 5.73 Å². The molecule has 1 heterocycles. The van der Waals surface area contributed by atoms with Crippen molar-refractivity contribution >= 4 is 33.0 Å². The maximum Gasteiger partial charge on any atom is 0.266 e. The Kier molecular flexibility index (Phi) is 4.28. The Balaban J connectivity index is 2.46. The average Bonchev–Trinajstić information content (AvgIpc) is 2.72. The molecular weight excluding hydrogens is 275 g/mol. The molecule has 0 spiro atoms. The van der Waals surface area contributed by atoms with Crippen LogP contribution in [0.5, 0.6) is 0 Å². The zero-order valence-electron chi connectivity index (χ0n) is 11.9. The van der Waals surface area contributed by atoms with Gasteiger partial charge >= 0.3 is 0 Å². The van der Waals surface area contributed by atoms with Crippen LogP contribution in [-0.2, 0) is 0 Å². The summed E-state index contributed by atoms with van der Waals surface area (Å²) in [7, 11) is 0. The van der Waals surface area contributed by atoms with E-state index in [2.05, 4.69) is 0 Å². The van der Waals surface area contributed by atoms with Crippen LogP contribution in [0.25, 0.3) is 10.1 Å². The highest BCUT2D eigenvalue weighted by Crippen LogP contribution is 2.35. The quantitative estimate of drug-likeness (QED) is 0.930. The highest BCUT2D eigenvalue weighted by Gasteiger charge is 2.23. The summed E-state index contributed by atoms with van der Waals surface area (Å²) >= 11 is 1.33. The topological polar surface area (TPSA) is 46.3 Å². The molecule has 0 aliphatic heterocycles. The highest BCUT2D eigenvalue weighted by molar-refractivity contribution is 7.21. The minimum Gasteiger partial charge on any atom is -0.397 e. The minimum absolute atomic E-state index is 0.0686. The third kappa shape index (κ3) is 2.63. The fourth-order valence-corrected chi connectivity index (χ4v) is 3.27. The van der Waals surface area contributed by atoms with E-state index in [0.717, 1.165) is 11.1 Å². The molecule has 20 heavy (non-hydrogen) atoms. The SMILES string of the molecule is CCCN(C(=O)c1sc2ccc(F)cc2c1N)C(C)C. The zero-order valence-corrected chi connectivity index (χ0v) is 12.8. The number of thiophene rings is 1. The molecule has 0 atom stereocenters. The first-order chi connectivity index (χ1) is 9.45. The van der Waals surface area contributed by atoms with Gasteiger partial charge in [0.2, 0.25) is 0 Å². The van der Waals surface area contributed by atoms with Gasteiger partial charge in [0.15, 0.2) is 0 Å². The molecule has 2 aromatic rings. The van der Waals surface area contributed by atoms with Crippen molar-refractivity contribution < 1.29 is 9.18 Å². The molecule has 3 nitrogen and oxygen atoms in total. The Hall–Kier alpha value is -1.62. The van der Waals surface area contributed by atoms with Gasteiger partial charge in [0.05, 0.1) is 5.69 Å². The lowest BCUT2D eigenvalue weighted by Gasteiger charge is -2.25. The number of hydrogen-bond donors (Lipinski definition) is 1. The van der Waals surface area contributed by atoms with Crippen LogP contribution in [0, 0.1) is 5.82 Å². The molecule has 0 saturated heterocycles. The van der Waals surface area contributed by atoms with Gasteiger partial charge in [-0.1, -0.05) is 6.92 Å². The van der Waals surface area contributed by atoms with Gasteiger partial charge in [-0.3, -0.25) is 4.79 Å². The summed E-state index contributed by atoms with van der Waals surface area (Å²) in [6.07, 6.45) is 0.892. The molecule has 0 aliphatic rings. The number of nitrogen functional groups attached to an aromatic ring is 1. The highest BCUT2D eigenvalue weighted by atomic mass is 32.1. The standard InChI is InChI=1S/C15H19FN2OS/c1-4-7-18(9(2)3)15(19)14-13(17)11-8-10(16)5-6-12(11)20-14/h5-6,8-9H,4,7,17H2,1-3H3. The zero-order chi connectivity index (χ0) is 14.9. The smallest absolute Gasteiger partial charge is 0.266 e. The number of nitrogens with zero attached hydrogens (tertiary/aromatic N) is 1. The minimum atomic E-state index is -0.338. The van der Waals surface area contributed by atoms with Gasteiger partial charge in [-0.15, -0.1) is 11.3 Å². The van der Waals surface area contributed by atoms with E-state index in [1.54, 1.807) is 11.0 Å². The summed E-state index contributed by atoms with van der Waals surface area (Å²) in [5.74, 6) is -0.406. The Labute approximate surface area is 122 Å². The van der Waals surface area contributed by atoms with Crippen LogP contribution in [0.2, 0.25) is 0 Å². The lowest BCUT2D eigenvalue weighted by molar-refractivity contribution is 0.0712. The second kappa shape index (κ2) is 5.79. The first-order valence-corrected chi connectivity index (χ1v) is 7.55. The van der Waals surface area contributed by atoms with Crippen LogP contribution in [0.4, 0.5) is 10.1 Å². The van der Waals surface area contributed by atoms with E-state index in [1.807, 2.05) is 20.8 Å². The van der Waals surface area contributed by atoms with Crippen molar-refractivity contribution in [3.05, 3.63) is 28.9 Å². The van der Waals surface area contributed by atoms with Gasteiger partial charge in [0.25, 0.3) is 5.91 Å². The van der Waals surface area contributed by atoms with E-state index in [9.17, 15) is 9.18 Å². The first kappa shape index (κ1) is 14.8. The average molecular weight is 294 g/mol. The van der Waals surface area contributed by atoms with Gasteiger partial charge < -0.3 is 10.6 Å². The summed E-state index contributed by atoms with van der Waals surface area (Å²) in [6.45, 7) is 6.69. The molecule has 0 saturated carbocycles. The number of benzene rings is 1. The normalized spacial score (nSPS) is 11.2. The second-order valence-corrected chi connectivity index (χ2v) is 6.13. The van der Waals surface area contributed by atoms with Crippen LogP contribution in [0.1, 0.15) is 36.9 Å². The van der Waals surface area contributed by atoms with Crippen LogP contribution >= 0.6 is 11.3 Å². The van der Waals surface area contributed by atoms with Crippen molar-refractivity contribution in [1.82, 2.24) is 4.90 Å². The molecule has 0 bridgehead atoms. The van der Waals surface area contributed by atoms with Crippen molar-refractivity contribution in [3.63, 3.8) is 0 Å². The molecule has 0 radical (unpaired) electrons.